The molecule has 1 amide bonds. The predicted molar refractivity (Wildman–Crippen MR) is 104 cm³/mol. The molecule has 0 saturated heterocycles. The Morgan fingerprint density at radius 1 is 1.07 bits per heavy atom. The fourth-order valence-electron chi connectivity index (χ4n) is 2.53. The molecule has 5 nitrogen and oxygen atoms in total. The van der Waals surface area contributed by atoms with Crippen molar-refractivity contribution in [3.63, 3.8) is 0 Å². The number of ketones is 1. The molecule has 2 aromatic rings. The van der Waals surface area contributed by atoms with Crippen molar-refractivity contribution in [2.75, 3.05) is 6.61 Å². The first-order chi connectivity index (χ1) is 13.3. The summed E-state index contributed by atoms with van der Waals surface area (Å²) in [6.45, 7) is 3.17. The highest BCUT2D eigenvalue weighted by atomic mass is 35.5. The van der Waals surface area contributed by atoms with Crippen molar-refractivity contribution in [2.24, 2.45) is 5.92 Å². The second kappa shape index (κ2) is 9.99. The van der Waals surface area contributed by atoms with Crippen LogP contribution >= 0.6 is 11.6 Å². The fourth-order valence-corrected chi connectivity index (χ4v) is 2.66. The second-order valence-corrected chi connectivity index (χ2v) is 7.11. The number of carbonyl (C=O) groups excluding carboxylic acids is 3. The Bertz CT molecular complexity index is 852. The Labute approximate surface area is 167 Å². The molecule has 1 atom stereocenters. The van der Waals surface area contributed by atoms with Crippen molar-refractivity contribution in [2.45, 2.75) is 26.3 Å². The number of carbonyl (C=O) groups is 3. The SMILES string of the molecule is CC(C)CC(NC(=O)c1ccc(Cl)cc1)C(=O)OCC(=O)c1ccccc1F. The van der Waals surface area contributed by atoms with Gasteiger partial charge in [-0.2, -0.15) is 0 Å². The molecule has 0 saturated carbocycles. The smallest absolute Gasteiger partial charge is 0.329 e. The predicted octanol–water partition coefficient (Wildman–Crippen LogP) is 4.05. The Kier molecular flexibility index (Phi) is 7.70. The van der Waals surface area contributed by atoms with Crippen LogP contribution in [-0.4, -0.2) is 30.3 Å². The lowest BCUT2D eigenvalue weighted by atomic mass is 10.0. The van der Waals surface area contributed by atoms with Crippen molar-refractivity contribution in [1.29, 1.82) is 0 Å². The number of benzene rings is 2. The van der Waals surface area contributed by atoms with E-state index in [0.29, 0.717) is 17.0 Å². The number of ether oxygens (including phenoxy) is 1. The molecule has 28 heavy (non-hydrogen) atoms. The van der Waals surface area contributed by atoms with E-state index in [0.717, 1.165) is 6.07 Å². The molecule has 0 heterocycles. The van der Waals surface area contributed by atoms with Gasteiger partial charge >= 0.3 is 5.97 Å². The Morgan fingerprint density at radius 3 is 2.32 bits per heavy atom. The molecule has 2 rings (SSSR count). The largest absolute Gasteiger partial charge is 0.456 e. The number of Topliss-reactive ketones (excluding diaryl/α,β-unsaturated/α-hetero) is 1. The minimum absolute atomic E-state index is 0.0883. The average molecular weight is 406 g/mol. The third kappa shape index (κ3) is 6.16. The molecule has 1 N–H and O–H groups in total. The molecule has 7 heteroatoms. The summed E-state index contributed by atoms with van der Waals surface area (Å²) >= 11 is 5.81. The van der Waals surface area contributed by atoms with Gasteiger partial charge in [-0.05, 0) is 48.7 Å². The molecule has 0 bridgehead atoms. The first kappa shape index (κ1) is 21.6. The summed E-state index contributed by atoms with van der Waals surface area (Å²) in [7, 11) is 0. The molecule has 0 aliphatic rings. The van der Waals surface area contributed by atoms with E-state index in [1.807, 2.05) is 13.8 Å². The zero-order chi connectivity index (χ0) is 20.7. The van der Waals surface area contributed by atoms with E-state index in [9.17, 15) is 18.8 Å². The summed E-state index contributed by atoms with van der Waals surface area (Å²) in [4.78, 5) is 36.9. The molecule has 0 aliphatic carbocycles. The van der Waals surface area contributed by atoms with E-state index in [2.05, 4.69) is 5.32 Å². The number of hydrogen-bond acceptors (Lipinski definition) is 4. The normalized spacial score (nSPS) is 11.8. The summed E-state index contributed by atoms with van der Waals surface area (Å²) in [5, 5.41) is 3.10. The molecule has 0 spiro atoms. The van der Waals surface area contributed by atoms with Crippen LogP contribution < -0.4 is 5.32 Å². The monoisotopic (exact) mass is 405 g/mol. The van der Waals surface area contributed by atoms with Gasteiger partial charge in [0.15, 0.2) is 6.61 Å². The van der Waals surface area contributed by atoms with Crippen LogP contribution in [0.5, 0.6) is 0 Å². The maximum absolute atomic E-state index is 13.7. The van der Waals surface area contributed by atoms with E-state index < -0.39 is 36.1 Å². The van der Waals surface area contributed by atoms with Crippen LogP contribution in [0, 0.1) is 11.7 Å². The van der Waals surface area contributed by atoms with Gasteiger partial charge in [0.05, 0.1) is 5.56 Å². The van der Waals surface area contributed by atoms with Crippen LogP contribution in [0.1, 0.15) is 41.0 Å². The van der Waals surface area contributed by atoms with Crippen molar-refractivity contribution in [3.8, 4) is 0 Å². The Hall–Kier alpha value is -2.73. The average Bonchev–Trinajstić information content (AvgIpc) is 2.65. The molecule has 0 aliphatic heterocycles. The van der Waals surface area contributed by atoms with Crippen LogP contribution in [0.15, 0.2) is 48.5 Å². The molecule has 0 radical (unpaired) electrons. The number of hydrogen-bond donors (Lipinski definition) is 1. The molecular weight excluding hydrogens is 385 g/mol. The highest BCUT2D eigenvalue weighted by molar-refractivity contribution is 6.30. The van der Waals surface area contributed by atoms with Crippen molar-refractivity contribution >= 4 is 29.3 Å². The molecule has 2 aromatic carbocycles. The van der Waals surface area contributed by atoms with E-state index in [1.54, 1.807) is 12.1 Å². The van der Waals surface area contributed by atoms with Gasteiger partial charge in [-0.3, -0.25) is 9.59 Å². The van der Waals surface area contributed by atoms with Gasteiger partial charge in [-0.15, -0.1) is 0 Å². The molecular formula is C21H21ClFNO4. The summed E-state index contributed by atoms with van der Waals surface area (Å²) in [5.74, 6) is -2.46. The lowest BCUT2D eigenvalue weighted by Crippen LogP contribution is -2.43. The quantitative estimate of drug-likeness (QED) is 0.531. The molecule has 1 unspecified atom stereocenters. The third-order valence-electron chi connectivity index (χ3n) is 3.92. The number of halogens is 2. The number of esters is 1. The van der Waals surface area contributed by atoms with Crippen molar-refractivity contribution in [3.05, 3.63) is 70.5 Å². The second-order valence-electron chi connectivity index (χ2n) is 6.67. The number of nitrogens with one attached hydrogen (secondary N) is 1. The number of rotatable bonds is 8. The van der Waals surface area contributed by atoms with Gasteiger partial charge in [0, 0.05) is 10.6 Å². The van der Waals surface area contributed by atoms with Gasteiger partial charge < -0.3 is 10.1 Å². The summed E-state index contributed by atoms with van der Waals surface area (Å²) in [6.07, 6.45) is 0.325. The Morgan fingerprint density at radius 2 is 1.71 bits per heavy atom. The van der Waals surface area contributed by atoms with Gasteiger partial charge in [-0.1, -0.05) is 37.6 Å². The van der Waals surface area contributed by atoms with Gasteiger partial charge in [0.1, 0.15) is 11.9 Å². The van der Waals surface area contributed by atoms with Crippen LogP contribution in [0.3, 0.4) is 0 Å². The zero-order valence-corrected chi connectivity index (χ0v) is 16.3. The third-order valence-corrected chi connectivity index (χ3v) is 4.18. The van der Waals surface area contributed by atoms with Gasteiger partial charge in [0.25, 0.3) is 5.91 Å². The maximum Gasteiger partial charge on any atom is 0.329 e. The van der Waals surface area contributed by atoms with Crippen LogP contribution in [0.4, 0.5) is 4.39 Å². The van der Waals surface area contributed by atoms with E-state index >= 15 is 0 Å². The van der Waals surface area contributed by atoms with Crippen LogP contribution in [0.2, 0.25) is 5.02 Å². The molecule has 0 fully saturated rings. The first-order valence-corrected chi connectivity index (χ1v) is 9.16. The summed E-state index contributed by atoms with van der Waals surface area (Å²) < 4.78 is 18.7. The van der Waals surface area contributed by atoms with Crippen LogP contribution in [0.25, 0.3) is 0 Å². The van der Waals surface area contributed by atoms with E-state index in [1.165, 1.54) is 30.3 Å². The van der Waals surface area contributed by atoms with Gasteiger partial charge in [0.2, 0.25) is 5.78 Å². The minimum Gasteiger partial charge on any atom is -0.456 e. The Balaban J connectivity index is 2.02. The topological polar surface area (TPSA) is 72.5 Å². The fraction of sp³-hybridized carbons (Fsp3) is 0.286. The lowest BCUT2D eigenvalue weighted by molar-refractivity contribution is -0.145. The first-order valence-electron chi connectivity index (χ1n) is 8.78. The van der Waals surface area contributed by atoms with E-state index in [-0.39, 0.29) is 11.5 Å². The highest BCUT2D eigenvalue weighted by Gasteiger charge is 2.25. The molecule has 0 aromatic heterocycles. The summed E-state index contributed by atoms with van der Waals surface area (Å²) in [5.41, 5.74) is 0.189. The van der Waals surface area contributed by atoms with Crippen molar-refractivity contribution in [1.82, 2.24) is 5.32 Å². The van der Waals surface area contributed by atoms with E-state index in [4.69, 9.17) is 16.3 Å². The van der Waals surface area contributed by atoms with Gasteiger partial charge in [-0.25, -0.2) is 9.18 Å². The summed E-state index contributed by atoms with van der Waals surface area (Å²) in [6, 6.07) is 10.7. The standard InChI is InChI=1S/C21H21ClFNO4/c1-13(2)11-18(24-20(26)14-7-9-15(22)10-8-14)21(27)28-12-19(25)16-5-3-4-6-17(16)23/h3-10,13,18H,11-12H2,1-2H3,(H,24,26). The molecule has 148 valence electrons. The maximum atomic E-state index is 13.7. The zero-order valence-electron chi connectivity index (χ0n) is 15.6. The lowest BCUT2D eigenvalue weighted by Gasteiger charge is -2.19. The number of amides is 1. The minimum atomic E-state index is -0.934. The van der Waals surface area contributed by atoms with Crippen molar-refractivity contribution < 1.29 is 23.5 Å². The van der Waals surface area contributed by atoms with Crippen LogP contribution in [-0.2, 0) is 9.53 Å². The highest BCUT2D eigenvalue weighted by Crippen LogP contribution is 2.12.